The lowest BCUT2D eigenvalue weighted by atomic mass is 10.1. The highest BCUT2D eigenvalue weighted by molar-refractivity contribution is 6.39. The first kappa shape index (κ1) is 24.2. The van der Waals surface area contributed by atoms with E-state index in [1.165, 1.54) is 0 Å². The van der Waals surface area contributed by atoms with E-state index in [9.17, 15) is 9.59 Å². The summed E-state index contributed by atoms with van der Waals surface area (Å²) in [6, 6.07) is 5.12. The molecule has 0 bridgehead atoms. The average Bonchev–Trinajstić information content (AvgIpc) is 3.04. The first-order valence-electron chi connectivity index (χ1n) is 10.8. The van der Waals surface area contributed by atoms with Gasteiger partial charge in [0, 0.05) is 6.54 Å². The molecule has 1 atom stereocenters. The van der Waals surface area contributed by atoms with Crippen LogP contribution in [-0.2, 0) is 16.1 Å². The lowest BCUT2D eigenvalue weighted by molar-refractivity contribution is -0.136. The SMILES string of the molecule is CCCCCOc1ccc([C@@H](C)NC(=O)C(=O)Nc2c(C)nn(CC)c2C)cc1OC. The minimum atomic E-state index is -0.725. The monoisotopic (exact) mass is 430 g/mol. The second kappa shape index (κ2) is 11.4. The molecule has 0 unspecified atom stereocenters. The number of carbonyl (C=O) groups excluding carboxylic acids is 2. The third-order valence-electron chi connectivity index (χ3n) is 5.17. The molecule has 2 aromatic rings. The van der Waals surface area contributed by atoms with Crippen molar-refractivity contribution in [1.82, 2.24) is 15.1 Å². The van der Waals surface area contributed by atoms with Gasteiger partial charge in [-0.05, 0) is 51.8 Å². The molecule has 2 N–H and O–H groups in total. The number of anilines is 1. The molecular weight excluding hydrogens is 396 g/mol. The number of amides is 2. The molecule has 170 valence electrons. The zero-order valence-corrected chi connectivity index (χ0v) is 19.4. The molecule has 31 heavy (non-hydrogen) atoms. The van der Waals surface area contributed by atoms with Gasteiger partial charge in [0.15, 0.2) is 11.5 Å². The van der Waals surface area contributed by atoms with Gasteiger partial charge in [-0.1, -0.05) is 25.8 Å². The number of unbranched alkanes of at least 4 members (excludes halogenated alkanes) is 2. The second-order valence-corrected chi connectivity index (χ2v) is 7.48. The minimum absolute atomic E-state index is 0.387. The van der Waals surface area contributed by atoms with E-state index in [-0.39, 0.29) is 6.04 Å². The van der Waals surface area contributed by atoms with Crippen molar-refractivity contribution >= 4 is 17.5 Å². The highest BCUT2D eigenvalue weighted by Gasteiger charge is 2.21. The van der Waals surface area contributed by atoms with Gasteiger partial charge in [-0.25, -0.2) is 0 Å². The van der Waals surface area contributed by atoms with Crippen LogP contribution in [0.25, 0.3) is 0 Å². The van der Waals surface area contributed by atoms with Crippen molar-refractivity contribution in [2.45, 2.75) is 66.5 Å². The summed E-state index contributed by atoms with van der Waals surface area (Å²) < 4.78 is 13.0. The van der Waals surface area contributed by atoms with Gasteiger partial charge < -0.3 is 20.1 Å². The van der Waals surface area contributed by atoms with Crippen molar-refractivity contribution in [3.05, 3.63) is 35.2 Å². The van der Waals surface area contributed by atoms with Gasteiger partial charge in [-0.3, -0.25) is 14.3 Å². The predicted molar refractivity (Wildman–Crippen MR) is 121 cm³/mol. The smallest absolute Gasteiger partial charge is 0.313 e. The van der Waals surface area contributed by atoms with E-state index < -0.39 is 11.8 Å². The van der Waals surface area contributed by atoms with Crippen LogP contribution in [0.3, 0.4) is 0 Å². The zero-order chi connectivity index (χ0) is 23.0. The number of hydrogen-bond acceptors (Lipinski definition) is 5. The molecule has 1 aromatic heterocycles. The third-order valence-corrected chi connectivity index (χ3v) is 5.17. The Kier molecular flexibility index (Phi) is 8.90. The fourth-order valence-electron chi connectivity index (χ4n) is 3.31. The predicted octanol–water partition coefficient (Wildman–Crippen LogP) is 3.91. The maximum Gasteiger partial charge on any atom is 0.313 e. The maximum absolute atomic E-state index is 12.4. The number of aromatic nitrogens is 2. The van der Waals surface area contributed by atoms with E-state index in [1.807, 2.05) is 39.0 Å². The van der Waals surface area contributed by atoms with Crippen molar-refractivity contribution < 1.29 is 19.1 Å². The molecule has 1 aromatic carbocycles. The number of carbonyl (C=O) groups is 2. The molecule has 0 saturated heterocycles. The van der Waals surface area contributed by atoms with Crippen LogP contribution in [0.4, 0.5) is 5.69 Å². The number of hydrogen-bond donors (Lipinski definition) is 2. The molecule has 0 saturated carbocycles. The highest BCUT2D eigenvalue weighted by Crippen LogP contribution is 2.30. The molecule has 8 heteroatoms. The van der Waals surface area contributed by atoms with Crippen molar-refractivity contribution in [3.8, 4) is 11.5 Å². The first-order valence-corrected chi connectivity index (χ1v) is 10.8. The molecular formula is C23H34N4O4. The van der Waals surface area contributed by atoms with Gasteiger partial charge in [0.2, 0.25) is 0 Å². The van der Waals surface area contributed by atoms with E-state index in [2.05, 4.69) is 22.7 Å². The van der Waals surface area contributed by atoms with Crippen LogP contribution in [0.2, 0.25) is 0 Å². The Morgan fingerprint density at radius 2 is 1.87 bits per heavy atom. The largest absolute Gasteiger partial charge is 0.493 e. The van der Waals surface area contributed by atoms with E-state index in [0.717, 1.165) is 30.5 Å². The quantitative estimate of drug-likeness (QED) is 0.440. The van der Waals surface area contributed by atoms with Crippen LogP contribution >= 0.6 is 0 Å². The summed E-state index contributed by atoms with van der Waals surface area (Å²) in [5, 5.41) is 9.76. The lowest BCUT2D eigenvalue weighted by Crippen LogP contribution is -2.37. The van der Waals surface area contributed by atoms with Crippen LogP contribution < -0.4 is 20.1 Å². The Balaban J connectivity index is 2.01. The summed E-state index contributed by atoms with van der Waals surface area (Å²) in [5.74, 6) is -0.179. The Morgan fingerprint density at radius 3 is 2.48 bits per heavy atom. The van der Waals surface area contributed by atoms with Crippen LogP contribution in [0.1, 0.15) is 63.0 Å². The minimum Gasteiger partial charge on any atom is -0.493 e. The average molecular weight is 431 g/mol. The van der Waals surface area contributed by atoms with Crippen LogP contribution in [0.15, 0.2) is 18.2 Å². The van der Waals surface area contributed by atoms with Gasteiger partial charge in [-0.15, -0.1) is 0 Å². The lowest BCUT2D eigenvalue weighted by Gasteiger charge is -2.17. The molecule has 8 nitrogen and oxygen atoms in total. The zero-order valence-electron chi connectivity index (χ0n) is 19.4. The Hall–Kier alpha value is -3.03. The summed E-state index contributed by atoms with van der Waals surface area (Å²) in [4.78, 5) is 24.9. The maximum atomic E-state index is 12.4. The normalized spacial score (nSPS) is 11.7. The molecule has 2 amide bonds. The summed E-state index contributed by atoms with van der Waals surface area (Å²) >= 11 is 0. The van der Waals surface area contributed by atoms with Gasteiger partial charge in [-0.2, -0.15) is 5.10 Å². The number of nitrogens with one attached hydrogen (secondary N) is 2. The number of aryl methyl sites for hydroxylation is 2. The van der Waals surface area contributed by atoms with Gasteiger partial charge in [0.05, 0.1) is 36.8 Å². The molecule has 2 rings (SSSR count). The van der Waals surface area contributed by atoms with Gasteiger partial charge >= 0.3 is 11.8 Å². The third kappa shape index (κ3) is 6.23. The Bertz CT molecular complexity index is 907. The molecule has 0 aliphatic rings. The van der Waals surface area contributed by atoms with E-state index in [4.69, 9.17) is 9.47 Å². The molecule has 1 heterocycles. The molecule has 0 spiro atoms. The first-order chi connectivity index (χ1) is 14.8. The molecule has 0 radical (unpaired) electrons. The second-order valence-electron chi connectivity index (χ2n) is 7.48. The fourth-order valence-corrected chi connectivity index (χ4v) is 3.31. The summed E-state index contributed by atoms with van der Waals surface area (Å²) in [5.41, 5.74) is 2.87. The standard InChI is InChI=1S/C23H34N4O4/c1-7-9-10-13-31-19-12-11-18(14-20(19)30-6)15(3)24-22(28)23(29)25-21-16(4)26-27(8-2)17(21)5/h11-12,14-15H,7-10,13H2,1-6H3,(H,24,28)(H,25,29)/t15-/m1/s1. The van der Waals surface area contributed by atoms with E-state index >= 15 is 0 Å². The molecule has 0 aliphatic carbocycles. The van der Waals surface area contributed by atoms with E-state index in [0.29, 0.717) is 36.0 Å². The summed E-state index contributed by atoms with van der Waals surface area (Å²) in [6.45, 7) is 10.9. The Morgan fingerprint density at radius 1 is 1.13 bits per heavy atom. The van der Waals surface area contributed by atoms with E-state index in [1.54, 1.807) is 18.7 Å². The van der Waals surface area contributed by atoms with Gasteiger partial charge in [0.1, 0.15) is 0 Å². The highest BCUT2D eigenvalue weighted by atomic mass is 16.5. The molecule has 0 fully saturated rings. The van der Waals surface area contributed by atoms with Crippen molar-refractivity contribution in [2.75, 3.05) is 19.0 Å². The number of ether oxygens (including phenoxy) is 2. The number of methoxy groups -OCH3 is 1. The van der Waals surface area contributed by atoms with Crippen molar-refractivity contribution in [1.29, 1.82) is 0 Å². The number of benzene rings is 1. The topological polar surface area (TPSA) is 94.5 Å². The number of rotatable bonds is 10. The Labute approximate surface area is 184 Å². The van der Waals surface area contributed by atoms with Crippen LogP contribution in [0, 0.1) is 13.8 Å². The number of nitrogens with zero attached hydrogens (tertiary/aromatic N) is 2. The fraction of sp³-hybridized carbons (Fsp3) is 0.522. The van der Waals surface area contributed by atoms with Crippen molar-refractivity contribution in [2.24, 2.45) is 0 Å². The van der Waals surface area contributed by atoms with Crippen LogP contribution in [0.5, 0.6) is 11.5 Å². The van der Waals surface area contributed by atoms with Gasteiger partial charge in [0.25, 0.3) is 0 Å². The summed E-state index contributed by atoms with van der Waals surface area (Å²) in [7, 11) is 1.58. The summed E-state index contributed by atoms with van der Waals surface area (Å²) in [6.07, 6.45) is 3.23. The van der Waals surface area contributed by atoms with Crippen LogP contribution in [-0.4, -0.2) is 35.3 Å². The molecule has 0 aliphatic heterocycles. The van der Waals surface area contributed by atoms with Crippen molar-refractivity contribution in [3.63, 3.8) is 0 Å².